The van der Waals surface area contributed by atoms with E-state index in [1.54, 1.807) is 0 Å². The van der Waals surface area contributed by atoms with Crippen LogP contribution in [0.1, 0.15) is 35.3 Å². The van der Waals surface area contributed by atoms with Gasteiger partial charge in [-0.05, 0) is 53.7 Å². The zero-order valence-electron chi connectivity index (χ0n) is 15.8. The Bertz CT molecular complexity index is 974. The Morgan fingerprint density at radius 3 is 1.71 bits per heavy atom. The van der Waals surface area contributed by atoms with Crippen LogP contribution in [0.4, 0.5) is 0 Å². The van der Waals surface area contributed by atoms with Crippen molar-refractivity contribution in [3.8, 4) is 23.7 Å². The van der Waals surface area contributed by atoms with E-state index in [0.717, 1.165) is 23.1 Å². The highest BCUT2D eigenvalue weighted by Crippen LogP contribution is 2.28. The first-order chi connectivity index (χ1) is 13.6. The third-order valence-corrected chi connectivity index (χ3v) is 4.47. The summed E-state index contributed by atoms with van der Waals surface area (Å²) in [5.74, 6) is 11.5. The van der Waals surface area contributed by atoms with Crippen LogP contribution in [0.2, 0.25) is 0 Å². The van der Waals surface area contributed by atoms with Crippen molar-refractivity contribution >= 4 is 0 Å². The fraction of sp³-hybridized carbons (Fsp3) is 0.154. The number of rotatable bonds is 3. The fourth-order valence-electron chi connectivity index (χ4n) is 2.89. The van der Waals surface area contributed by atoms with E-state index in [4.69, 9.17) is 0 Å². The molecule has 0 heterocycles. The van der Waals surface area contributed by atoms with Gasteiger partial charge in [-0.1, -0.05) is 79.4 Å². The normalized spacial score (nSPS) is 11.5. The van der Waals surface area contributed by atoms with Gasteiger partial charge in [0.1, 0.15) is 6.10 Å². The lowest BCUT2D eigenvalue weighted by molar-refractivity contribution is 0.00650. The molecule has 0 saturated carbocycles. The van der Waals surface area contributed by atoms with Crippen molar-refractivity contribution < 1.29 is 10.2 Å². The van der Waals surface area contributed by atoms with Crippen molar-refractivity contribution in [2.45, 2.75) is 25.0 Å². The van der Waals surface area contributed by atoms with Crippen molar-refractivity contribution in [3.05, 3.63) is 107 Å². The zero-order chi connectivity index (χ0) is 19.8. The standard InChI is InChI=1S/C26H22O2/c1-2-23-15-9-10-16-24(23)25(27)26(28,19-17-21-11-5-3-6-12-21)20-18-22-13-7-4-8-14-22/h3-16,25,27-28H,2H2,1H3/t25-/m0/s1. The van der Waals surface area contributed by atoms with E-state index >= 15 is 0 Å². The molecule has 2 heteroatoms. The molecule has 2 nitrogen and oxygen atoms in total. The lowest BCUT2D eigenvalue weighted by Crippen LogP contribution is -2.34. The minimum atomic E-state index is -1.91. The number of hydrogen-bond acceptors (Lipinski definition) is 2. The van der Waals surface area contributed by atoms with Crippen molar-refractivity contribution in [2.24, 2.45) is 0 Å². The molecule has 0 spiro atoms. The first-order valence-corrected chi connectivity index (χ1v) is 9.27. The van der Waals surface area contributed by atoms with Crippen molar-refractivity contribution in [1.82, 2.24) is 0 Å². The molecule has 0 aliphatic carbocycles. The highest BCUT2D eigenvalue weighted by atomic mass is 16.3. The van der Waals surface area contributed by atoms with Gasteiger partial charge in [0.2, 0.25) is 5.60 Å². The van der Waals surface area contributed by atoms with Crippen molar-refractivity contribution in [2.75, 3.05) is 0 Å². The Hall–Kier alpha value is -3.30. The third-order valence-electron chi connectivity index (χ3n) is 4.47. The smallest absolute Gasteiger partial charge is 0.218 e. The van der Waals surface area contributed by atoms with Crippen LogP contribution < -0.4 is 0 Å². The molecule has 0 radical (unpaired) electrons. The average molecular weight is 366 g/mol. The van der Waals surface area contributed by atoms with Gasteiger partial charge in [0.25, 0.3) is 0 Å². The van der Waals surface area contributed by atoms with Crippen LogP contribution in [0, 0.1) is 23.7 Å². The molecule has 3 aromatic carbocycles. The van der Waals surface area contributed by atoms with E-state index in [1.165, 1.54) is 0 Å². The molecule has 2 N–H and O–H groups in total. The van der Waals surface area contributed by atoms with Crippen molar-refractivity contribution in [1.29, 1.82) is 0 Å². The SMILES string of the molecule is CCc1ccccc1[C@H](O)C(O)(C#Cc1ccccc1)C#Cc1ccccc1. The molecule has 0 amide bonds. The molecule has 0 fully saturated rings. The van der Waals surface area contributed by atoms with Crippen LogP contribution in [-0.4, -0.2) is 15.8 Å². The molecule has 0 aromatic heterocycles. The quantitative estimate of drug-likeness (QED) is 0.685. The van der Waals surface area contributed by atoms with Gasteiger partial charge in [-0.2, -0.15) is 0 Å². The summed E-state index contributed by atoms with van der Waals surface area (Å²) in [5, 5.41) is 22.3. The van der Waals surface area contributed by atoms with Crippen LogP contribution >= 0.6 is 0 Å². The minimum absolute atomic E-state index is 0.636. The predicted octanol–water partition coefficient (Wildman–Crippen LogP) is 4.12. The van der Waals surface area contributed by atoms with E-state index in [0.29, 0.717) is 5.56 Å². The second kappa shape index (κ2) is 9.07. The number of benzene rings is 3. The number of hydrogen-bond donors (Lipinski definition) is 2. The van der Waals surface area contributed by atoms with Gasteiger partial charge >= 0.3 is 0 Å². The summed E-state index contributed by atoms with van der Waals surface area (Å²) in [7, 11) is 0. The summed E-state index contributed by atoms with van der Waals surface area (Å²) in [6.07, 6.45) is -0.516. The summed E-state index contributed by atoms with van der Waals surface area (Å²) in [6.45, 7) is 2.01. The van der Waals surface area contributed by atoms with Crippen LogP contribution in [-0.2, 0) is 6.42 Å². The molecule has 0 unspecified atom stereocenters. The van der Waals surface area contributed by atoms with Crippen LogP contribution in [0.25, 0.3) is 0 Å². The van der Waals surface area contributed by atoms with Gasteiger partial charge in [0.15, 0.2) is 0 Å². The maximum absolute atomic E-state index is 11.3. The van der Waals surface area contributed by atoms with Crippen LogP contribution in [0.15, 0.2) is 84.9 Å². The molecule has 3 rings (SSSR count). The van der Waals surface area contributed by atoms with Crippen LogP contribution in [0.5, 0.6) is 0 Å². The summed E-state index contributed by atoms with van der Waals surface area (Å²) in [4.78, 5) is 0. The Morgan fingerprint density at radius 1 is 0.750 bits per heavy atom. The third kappa shape index (κ3) is 4.70. The first kappa shape index (κ1) is 19.5. The Kier molecular flexibility index (Phi) is 6.30. The molecule has 1 atom stereocenters. The molecule has 0 aliphatic rings. The molecule has 0 saturated heterocycles. The molecule has 138 valence electrons. The topological polar surface area (TPSA) is 40.5 Å². The van der Waals surface area contributed by atoms with E-state index < -0.39 is 11.7 Å². The summed E-state index contributed by atoms with van der Waals surface area (Å²) in [5.41, 5.74) is 1.18. The van der Waals surface area contributed by atoms with Gasteiger partial charge in [0.05, 0.1) is 0 Å². The number of aliphatic hydroxyl groups is 2. The maximum Gasteiger partial charge on any atom is 0.218 e. The molecular formula is C26H22O2. The summed E-state index contributed by atoms with van der Waals surface area (Å²) < 4.78 is 0. The van der Waals surface area contributed by atoms with E-state index in [9.17, 15) is 10.2 Å². The lowest BCUT2D eigenvalue weighted by atomic mass is 9.88. The van der Waals surface area contributed by atoms with Crippen LogP contribution in [0.3, 0.4) is 0 Å². The monoisotopic (exact) mass is 366 g/mol. The number of aliphatic hydroxyl groups excluding tert-OH is 1. The molecule has 0 aliphatic heterocycles. The highest BCUT2D eigenvalue weighted by molar-refractivity contribution is 5.47. The minimum Gasteiger partial charge on any atom is -0.383 e. The number of aryl methyl sites for hydroxylation is 1. The maximum atomic E-state index is 11.3. The second-order valence-electron chi connectivity index (χ2n) is 6.45. The average Bonchev–Trinajstić information content (AvgIpc) is 2.77. The first-order valence-electron chi connectivity index (χ1n) is 9.27. The van der Waals surface area contributed by atoms with Gasteiger partial charge in [-0.3, -0.25) is 0 Å². The predicted molar refractivity (Wildman–Crippen MR) is 112 cm³/mol. The van der Waals surface area contributed by atoms with Gasteiger partial charge in [-0.15, -0.1) is 0 Å². The summed E-state index contributed by atoms with van der Waals surface area (Å²) in [6, 6.07) is 26.2. The lowest BCUT2D eigenvalue weighted by Gasteiger charge is -2.25. The molecule has 3 aromatic rings. The van der Waals surface area contributed by atoms with Crippen molar-refractivity contribution in [3.63, 3.8) is 0 Å². The van der Waals surface area contributed by atoms with E-state index in [2.05, 4.69) is 23.7 Å². The van der Waals surface area contributed by atoms with Gasteiger partial charge < -0.3 is 10.2 Å². The fourth-order valence-corrected chi connectivity index (χ4v) is 2.89. The molecule has 0 bridgehead atoms. The Balaban J connectivity index is 2.06. The highest BCUT2D eigenvalue weighted by Gasteiger charge is 2.34. The van der Waals surface area contributed by atoms with Gasteiger partial charge in [-0.25, -0.2) is 0 Å². The molecule has 28 heavy (non-hydrogen) atoms. The molecular weight excluding hydrogens is 344 g/mol. The Morgan fingerprint density at radius 2 is 1.21 bits per heavy atom. The van der Waals surface area contributed by atoms with E-state index in [1.807, 2.05) is 91.9 Å². The second-order valence-corrected chi connectivity index (χ2v) is 6.45. The Labute approximate surface area is 166 Å². The van der Waals surface area contributed by atoms with E-state index in [-0.39, 0.29) is 0 Å². The largest absolute Gasteiger partial charge is 0.383 e. The zero-order valence-corrected chi connectivity index (χ0v) is 15.8. The summed E-state index contributed by atoms with van der Waals surface area (Å²) >= 11 is 0. The van der Waals surface area contributed by atoms with Gasteiger partial charge in [0, 0.05) is 11.1 Å².